The monoisotopic (exact) mass is 203 g/mol. The normalized spacial score (nSPS) is 16.8. The highest BCUT2D eigenvalue weighted by Crippen LogP contribution is 2.29. The average Bonchev–Trinajstić information content (AvgIpc) is 2.57. The highest BCUT2D eigenvalue weighted by Gasteiger charge is 2.20. The highest BCUT2D eigenvalue weighted by molar-refractivity contribution is 5.37. The Kier molecular flexibility index (Phi) is 2.59. The summed E-state index contributed by atoms with van der Waals surface area (Å²) in [5, 5.41) is 0. The van der Waals surface area contributed by atoms with Crippen LogP contribution in [0.25, 0.3) is 0 Å². The third kappa shape index (κ3) is 2.07. The summed E-state index contributed by atoms with van der Waals surface area (Å²) >= 11 is 0. The summed E-state index contributed by atoms with van der Waals surface area (Å²) < 4.78 is 0. The number of hydrogen-bond acceptors (Lipinski definition) is 1. The molecule has 82 valence electrons. The van der Waals surface area contributed by atoms with Crippen molar-refractivity contribution in [3.8, 4) is 0 Å². The number of hydrogen-bond donors (Lipinski definition) is 0. The number of fused-ring (bicyclic) bond motifs is 1. The Labute approximate surface area is 93.1 Å². The third-order valence-corrected chi connectivity index (χ3v) is 3.31. The van der Waals surface area contributed by atoms with Gasteiger partial charge >= 0.3 is 0 Å². The fraction of sp³-hybridized carbons (Fsp3) is 0.571. The molecule has 0 radical (unpaired) electrons. The Morgan fingerprint density at radius 1 is 1.13 bits per heavy atom. The van der Waals surface area contributed by atoms with Crippen molar-refractivity contribution >= 4 is 0 Å². The van der Waals surface area contributed by atoms with Crippen LogP contribution in [0, 0.1) is 0 Å². The summed E-state index contributed by atoms with van der Waals surface area (Å²) in [7, 11) is 0. The maximum Gasteiger partial charge on any atom is 0.0240 e. The van der Waals surface area contributed by atoms with Crippen molar-refractivity contribution in [2.24, 2.45) is 0 Å². The van der Waals surface area contributed by atoms with Crippen LogP contribution in [0.3, 0.4) is 0 Å². The molecule has 1 aromatic rings. The third-order valence-electron chi connectivity index (χ3n) is 3.31. The standard InChI is InChI=1S/C14H21N/c1-5-15-9-11-6-7-13(14(2,3)4)8-12(11)10-15/h6-8H,5,9-10H2,1-4H3. The second-order valence-electron chi connectivity index (χ2n) is 5.54. The van der Waals surface area contributed by atoms with E-state index < -0.39 is 0 Å². The van der Waals surface area contributed by atoms with E-state index >= 15 is 0 Å². The molecule has 0 saturated carbocycles. The summed E-state index contributed by atoms with van der Waals surface area (Å²) in [5.74, 6) is 0. The van der Waals surface area contributed by atoms with Crippen molar-refractivity contribution in [1.82, 2.24) is 4.90 Å². The molecule has 0 aromatic heterocycles. The van der Waals surface area contributed by atoms with Crippen molar-refractivity contribution < 1.29 is 0 Å². The van der Waals surface area contributed by atoms with Gasteiger partial charge in [0.25, 0.3) is 0 Å². The van der Waals surface area contributed by atoms with Gasteiger partial charge in [0.05, 0.1) is 0 Å². The molecule has 1 heterocycles. The maximum absolute atomic E-state index is 2.48. The molecule has 0 amide bonds. The second-order valence-corrected chi connectivity index (χ2v) is 5.54. The number of benzene rings is 1. The van der Waals surface area contributed by atoms with E-state index in [1.54, 1.807) is 0 Å². The molecule has 0 atom stereocenters. The van der Waals surface area contributed by atoms with Gasteiger partial charge in [0, 0.05) is 13.1 Å². The fourth-order valence-electron chi connectivity index (χ4n) is 2.16. The van der Waals surface area contributed by atoms with Gasteiger partial charge in [0.2, 0.25) is 0 Å². The van der Waals surface area contributed by atoms with Gasteiger partial charge < -0.3 is 0 Å². The quantitative estimate of drug-likeness (QED) is 0.677. The lowest BCUT2D eigenvalue weighted by Gasteiger charge is -2.19. The Bertz CT molecular complexity index is 360. The van der Waals surface area contributed by atoms with Gasteiger partial charge in [0.15, 0.2) is 0 Å². The van der Waals surface area contributed by atoms with E-state index in [0.29, 0.717) is 0 Å². The molecule has 15 heavy (non-hydrogen) atoms. The molecule has 0 aliphatic carbocycles. The van der Waals surface area contributed by atoms with Crippen LogP contribution in [0.4, 0.5) is 0 Å². The largest absolute Gasteiger partial charge is 0.295 e. The van der Waals surface area contributed by atoms with Gasteiger partial charge in [-0.3, -0.25) is 4.90 Å². The van der Waals surface area contributed by atoms with Gasteiger partial charge in [-0.25, -0.2) is 0 Å². The topological polar surface area (TPSA) is 3.24 Å². The van der Waals surface area contributed by atoms with E-state index in [2.05, 4.69) is 50.8 Å². The van der Waals surface area contributed by atoms with E-state index in [1.807, 2.05) is 0 Å². The van der Waals surface area contributed by atoms with E-state index in [4.69, 9.17) is 0 Å². The summed E-state index contributed by atoms with van der Waals surface area (Å²) in [6, 6.07) is 6.99. The zero-order valence-corrected chi connectivity index (χ0v) is 10.3. The van der Waals surface area contributed by atoms with Crippen molar-refractivity contribution in [3.05, 3.63) is 34.9 Å². The van der Waals surface area contributed by atoms with Crippen LogP contribution in [-0.4, -0.2) is 11.4 Å². The van der Waals surface area contributed by atoms with Gasteiger partial charge in [-0.15, -0.1) is 0 Å². The van der Waals surface area contributed by atoms with Crippen molar-refractivity contribution in [1.29, 1.82) is 0 Å². The molecule has 1 aliphatic rings. The van der Waals surface area contributed by atoms with Gasteiger partial charge in [0.1, 0.15) is 0 Å². The minimum absolute atomic E-state index is 0.272. The maximum atomic E-state index is 2.48. The Hall–Kier alpha value is -0.820. The number of rotatable bonds is 1. The summed E-state index contributed by atoms with van der Waals surface area (Å²) in [4.78, 5) is 2.48. The number of nitrogens with zero attached hydrogens (tertiary/aromatic N) is 1. The molecule has 0 spiro atoms. The molecular formula is C14H21N. The van der Waals surface area contributed by atoms with Gasteiger partial charge in [-0.2, -0.15) is 0 Å². The van der Waals surface area contributed by atoms with Crippen LogP contribution in [-0.2, 0) is 18.5 Å². The molecule has 1 aliphatic heterocycles. The Balaban J connectivity index is 2.30. The SMILES string of the molecule is CCN1Cc2ccc(C(C)(C)C)cc2C1. The Morgan fingerprint density at radius 2 is 1.80 bits per heavy atom. The van der Waals surface area contributed by atoms with Crippen molar-refractivity contribution in [2.45, 2.75) is 46.2 Å². The molecule has 0 N–H and O–H groups in total. The molecule has 0 unspecified atom stereocenters. The first-order valence-corrected chi connectivity index (χ1v) is 5.85. The molecule has 1 aromatic carbocycles. The molecule has 0 fully saturated rings. The lowest BCUT2D eigenvalue weighted by Crippen LogP contribution is -2.14. The highest BCUT2D eigenvalue weighted by atomic mass is 15.1. The van der Waals surface area contributed by atoms with Crippen LogP contribution >= 0.6 is 0 Å². The fourth-order valence-corrected chi connectivity index (χ4v) is 2.16. The van der Waals surface area contributed by atoms with E-state index in [-0.39, 0.29) is 5.41 Å². The lowest BCUT2D eigenvalue weighted by molar-refractivity contribution is 0.301. The predicted molar refractivity (Wildman–Crippen MR) is 64.9 cm³/mol. The lowest BCUT2D eigenvalue weighted by atomic mass is 9.85. The minimum Gasteiger partial charge on any atom is -0.295 e. The first kappa shape index (κ1) is 10.7. The van der Waals surface area contributed by atoms with E-state index in [1.165, 1.54) is 16.7 Å². The van der Waals surface area contributed by atoms with Crippen LogP contribution in [0.5, 0.6) is 0 Å². The van der Waals surface area contributed by atoms with E-state index in [9.17, 15) is 0 Å². The van der Waals surface area contributed by atoms with Crippen LogP contribution in [0.15, 0.2) is 18.2 Å². The Morgan fingerprint density at radius 3 is 2.40 bits per heavy atom. The van der Waals surface area contributed by atoms with Crippen LogP contribution in [0.2, 0.25) is 0 Å². The summed E-state index contributed by atoms with van der Waals surface area (Å²) in [6.45, 7) is 12.5. The molecule has 0 saturated heterocycles. The van der Waals surface area contributed by atoms with E-state index in [0.717, 1.165) is 19.6 Å². The summed E-state index contributed by atoms with van der Waals surface area (Å²) in [6.07, 6.45) is 0. The van der Waals surface area contributed by atoms with Crippen LogP contribution < -0.4 is 0 Å². The van der Waals surface area contributed by atoms with Gasteiger partial charge in [-0.1, -0.05) is 45.9 Å². The predicted octanol–water partition coefficient (Wildman–Crippen LogP) is 3.32. The zero-order valence-electron chi connectivity index (χ0n) is 10.3. The molecular weight excluding hydrogens is 182 g/mol. The average molecular weight is 203 g/mol. The molecule has 0 bridgehead atoms. The van der Waals surface area contributed by atoms with Crippen molar-refractivity contribution in [2.75, 3.05) is 6.54 Å². The second kappa shape index (κ2) is 3.64. The zero-order chi connectivity index (χ0) is 11.1. The molecule has 2 rings (SSSR count). The smallest absolute Gasteiger partial charge is 0.0240 e. The molecule has 1 heteroatoms. The first-order chi connectivity index (χ1) is 7.00. The minimum atomic E-state index is 0.272. The van der Waals surface area contributed by atoms with Crippen molar-refractivity contribution in [3.63, 3.8) is 0 Å². The summed E-state index contributed by atoms with van der Waals surface area (Å²) in [5.41, 5.74) is 4.78. The first-order valence-electron chi connectivity index (χ1n) is 5.85. The van der Waals surface area contributed by atoms with Gasteiger partial charge in [-0.05, 0) is 28.7 Å². The molecule has 1 nitrogen and oxygen atoms in total. The van der Waals surface area contributed by atoms with Crippen LogP contribution in [0.1, 0.15) is 44.4 Å².